The minimum absolute atomic E-state index is 0.100. The Labute approximate surface area is 231 Å². The normalized spacial score (nSPS) is 12.5. The van der Waals surface area contributed by atoms with Crippen LogP contribution in [0.5, 0.6) is 0 Å². The molecule has 0 radical (unpaired) electrons. The van der Waals surface area contributed by atoms with Crippen molar-refractivity contribution >= 4 is 23.2 Å². The number of nitrogens with zero attached hydrogens (tertiary/aromatic N) is 1. The summed E-state index contributed by atoms with van der Waals surface area (Å²) in [5.41, 5.74) is 2.06. The van der Waals surface area contributed by atoms with Crippen LogP contribution in [0.4, 0.5) is 18.0 Å². The van der Waals surface area contributed by atoms with E-state index >= 15 is 0 Å². The monoisotopic (exact) mass is 557 g/mol. The smallest absolute Gasteiger partial charge is 0.416 e. The molecular weight excluding hydrogens is 511 g/mol. The fourth-order valence-electron chi connectivity index (χ4n) is 3.52. The van der Waals surface area contributed by atoms with Gasteiger partial charge < -0.3 is 9.64 Å². The Bertz CT molecular complexity index is 1010. The molecule has 0 spiro atoms. The lowest BCUT2D eigenvalue weighted by molar-refractivity contribution is -0.138. The summed E-state index contributed by atoms with van der Waals surface area (Å²) in [6, 6.07) is 4.58. The molecule has 3 rings (SSSR count). The highest BCUT2D eigenvalue weighted by Gasteiger charge is 2.33. The molecule has 8 heteroatoms. The fraction of sp³-hybridized carbons (Fsp3) is 0.600. The molecule has 1 aliphatic rings. The van der Waals surface area contributed by atoms with Gasteiger partial charge in [-0.1, -0.05) is 60.1 Å². The lowest BCUT2D eigenvalue weighted by Gasteiger charge is -2.30. The maximum Gasteiger partial charge on any atom is 0.416 e. The van der Waals surface area contributed by atoms with Crippen LogP contribution in [0, 0.1) is 0 Å². The molecule has 1 aliphatic heterocycles. The molecule has 0 N–H and O–H groups in total. The molecule has 1 aromatic carbocycles. The maximum atomic E-state index is 12.6. The molecule has 1 amide bonds. The van der Waals surface area contributed by atoms with Crippen LogP contribution in [0.1, 0.15) is 113 Å². The van der Waals surface area contributed by atoms with E-state index in [2.05, 4.69) is 13.8 Å². The Morgan fingerprint density at radius 1 is 1.03 bits per heavy atom. The van der Waals surface area contributed by atoms with Gasteiger partial charge in [-0.05, 0) is 69.7 Å². The second kappa shape index (κ2) is 16.6. The second-order valence-corrected chi connectivity index (χ2v) is 10.6. The van der Waals surface area contributed by atoms with Crippen molar-refractivity contribution in [2.45, 2.75) is 113 Å². The zero-order valence-electron chi connectivity index (χ0n) is 24.8. The Hall–Kier alpha value is -2.35. The third-order valence-corrected chi connectivity index (χ3v) is 6.26. The van der Waals surface area contributed by atoms with E-state index in [1.54, 1.807) is 42.2 Å². The first-order valence-corrected chi connectivity index (χ1v) is 14.3. The molecule has 2 aromatic rings. The standard InChI is InChI=1S/C14H19NO3S.C11H13F3.C3H8.C2H6/c1-9(16)11-8-19-12-7-15(6-5-10(11)12)13(17)18-14(2,3)4;1-3-8-5-6-9(4-2)10(7-8)11(12,13)14;1-3-2;1-2/h8H,5-7H2,1-4H3;5-7H,3-4H2,1-2H3;3H2,1-2H3;1-2H3. The van der Waals surface area contributed by atoms with Crippen LogP contribution >= 0.6 is 11.3 Å². The van der Waals surface area contributed by atoms with Crippen LogP contribution in [-0.2, 0) is 36.7 Å². The number of thiophene rings is 1. The summed E-state index contributed by atoms with van der Waals surface area (Å²) in [5, 5.41) is 1.89. The molecule has 216 valence electrons. The number of hydrogen-bond acceptors (Lipinski definition) is 4. The van der Waals surface area contributed by atoms with Gasteiger partial charge in [0.25, 0.3) is 0 Å². The highest BCUT2D eigenvalue weighted by atomic mass is 32.1. The fourth-order valence-corrected chi connectivity index (χ4v) is 4.67. The van der Waals surface area contributed by atoms with Gasteiger partial charge in [0.2, 0.25) is 0 Å². The van der Waals surface area contributed by atoms with Gasteiger partial charge in [0.15, 0.2) is 5.78 Å². The number of halogens is 3. The van der Waals surface area contributed by atoms with Crippen LogP contribution in [0.2, 0.25) is 0 Å². The zero-order valence-corrected chi connectivity index (χ0v) is 25.6. The van der Waals surface area contributed by atoms with E-state index in [-0.39, 0.29) is 11.9 Å². The second-order valence-electron chi connectivity index (χ2n) is 9.66. The molecule has 38 heavy (non-hydrogen) atoms. The number of aryl methyl sites for hydroxylation is 2. The largest absolute Gasteiger partial charge is 0.444 e. The predicted octanol–water partition coefficient (Wildman–Crippen LogP) is 9.52. The van der Waals surface area contributed by atoms with Gasteiger partial charge in [-0.3, -0.25) is 4.79 Å². The first kappa shape index (κ1) is 35.6. The number of ether oxygens (including phenoxy) is 1. The number of carbonyl (C=O) groups is 2. The number of carbonyl (C=O) groups excluding carboxylic acids is 2. The average Bonchev–Trinajstić information content (AvgIpc) is 3.28. The van der Waals surface area contributed by atoms with Gasteiger partial charge in [-0.25, -0.2) is 4.79 Å². The molecule has 0 saturated carbocycles. The summed E-state index contributed by atoms with van der Waals surface area (Å²) >= 11 is 1.55. The molecule has 0 bridgehead atoms. The van der Waals surface area contributed by atoms with E-state index in [9.17, 15) is 22.8 Å². The molecule has 2 heterocycles. The van der Waals surface area contributed by atoms with E-state index in [1.165, 1.54) is 12.5 Å². The lowest BCUT2D eigenvalue weighted by atomic mass is 10.0. The number of ketones is 1. The molecule has 4 nitrogen and oxygen atoms in total. The SMILES string of the molecule is CC.CC(=O)c1csc2c1CCN(C(=O)OC(C)(C)C)C2.CCC.CCc1ccc(CC)c(C(F)(F)F)c1. The van der Waals surface area contributed by atoms with Crippen LogP contribution in [-0.4, -0.2) is 28.9 Å². The number of rotatable bonds is 3. The van der Waals surface area contributed by atoms with Crippen molar-refractivity contribution in [2.24, 2.45) is 0 Å². The summed E-state index contributed by atoms with van der Waals surface area (Å²) in [6.07, 6.45) is -1.48. The topological polar surface area (TPSA) is 46.6 Å². The van der Waals surface area contributed by atoms with Gasteiger partial charge in [-0.15, -0.1) is 11.3 Å². The molecule has 0 atom stereocenters. The minimum Gasteiger partial charge on any atom is -0.444 e. The zero-order chi connectivity index (χ0) is 29.7. The molecule has 0 aliphatic carbocycles. The van der Waals surface area contributed by atoms with Gasteiger partial charge in [0.05, 0.1) is 12.1 Å². The highest BCUT2D eigenvalue weighted by molar-refractivity contribution is 7.10. The van der Waals surface area contributed by atoms with Crippen LogP contribution < -0.4 is 0 Å². The first-order valence-electron chi connectivity index (χ1n) is 13.4. The van der Waals surface area contributed by atoms with Crippen molar-refractivity contribution in [3.63, 3.8) is 0 Å². The third-order valence-electron chi connectivity index (χ3n) is 5.25. The molecule has 0 saturated heterocycles. The van der Waals surface area contributed by atoms with Crippen molar-refractivity contribution in [3.05, 3.63) is 56.3 Å². The van der Waals surface area contributed by atoms with E-state index in [1.807, 2.05) is 46.9 Å². The molecule has 1 aromatic heterocycles. The number of benzene rings is 1. The van der Waals surface area contributed by atoms with Crippen LogP contribution in [0.3, 0.4) is 0 Å². The number of alkyl halides is 3. The Balaban J connectivity index is 0.000000637. The van der Waals surface area contributed by atoms with Crippen molar-refractivity contribution in [3.8, 4) is 0 Å². The van der Waals surface area contributed by atoms with Gasteiger partial charge in [-0.2, -0.15) is 13.2 Å². The Morgan fingerprint density at radius 3 is 2.05 bits per heavy atom. The summed E-state index contributed by atoms with van der Waals surface area (Å²) in [5.74, 6) is 0.100. The van der Waals surface area contributed by atoms with Gasteiger partial charge in [0, 0.05) is 22.4 Å². The van der Waals surface area contributed by atoms with E-state index in [0.717, 1.165) is 28.0 Å². The highest BCUT2D eigenvalue weighted by Crippen LogP contribution is 2.33. The first-order chi connectivity index (χ1) is 17.7. The summed E-state index contributed by atoms with van der Waals surface area (Å²) in [4.78, 5) is 26.3. The lowest BCUT2D eigenvalue weighted by Crippen LogP contribution is -2.39. The molecule has 0 fully saturated rings. The van der Waals surface area contributed by atoms with E-state index < -0.39 is 17.3 Å². The van der Waals surface area contributed by atoms with Crippen molar-refractivity contribution in [1.29, 1.82) is 0 Å². The average molecular weight is 558 g/mol. The summed E-state index contributed by atoms with van der Waals surface area (Å²) < 4.78 is 43.0. The van der Waals surface area contributed by atoms with Crippen molar-refractivity contribution in [1.82, 2.24) is 4.90 Å². The van der Waals surface area contributed by atoms with Crippen LogP contribution in [0.25, 0.3) is 0 Å². The molecule has 0 unspecified atom stereocenters. The third kappa shape index (κ3) is 11.6. The van der Waals surface area contributed by atoms with Crippen molar-refractivity contribution < 1.29 is 27.5 Å². The number of Topliss-reactive ketones (excluding diaryl/α,β-unsaturated/α-hetero) is 1. The quantitative estimate of drug-likeness (QED) is 0.353. The number of fused-ring (bicyclic) bond motifs is 1. The van der Waals surface area contributed by atoms with E-state index in [4.69, 9.17) is 4.74 Å². The van der Waals surface area contributed by atoms with Crippen molar-refractivity contribution in [2.75, 3.05) is 6.54 Å². The Kier molecular flexibility index (Phi) is 15.6. The minimum atomic E-state index is -4.23. The summed E-state index contributed by atoms with van der Waals surface area (Å²) in [7, 11) is 0. The van der Waals surface area contributed by atoms with Gasteiger partial charge >= 0.3 is 12.3 Å². The maximum absolute atomic E-state index is 12.6. The molecular formula is C30H46F3NO3S. The number of hydrogen-bond donors (Lipinski definition) is 0. The Morgan fingerprint density at radius 2 is 1.61 bits per heavy atom. The van der Waals surface area contributed by atoms with E-state index in [0.29, 0.717) is 31.5 Å². The number of amides is 1. The summed E-state index contributed by atoms with van der Waals surface area (Å²) in [6.45, 7) is 20.2. The predicted molar refractivity (Wildman–Crippen MR) is 152 cm³/mol. The van der Waals surface area contributed by atoms with Gasteiger partial charge in [0.1, 0.15) is 5.60 Å². The van der Waals surface area contributed by atoms with Crippen LogP contribution in [0.15, 0.2) is 23.6 Å².